The van der Waals surface area contributed by atoms with E-state index in [0.29, 0.717) is 13.1 Å². The Morgan fingerprint density at radius 3 is 1.90 bits per heavy atom. The fraction of sp³-hybridized carbons (Fsp3) is 0.354. The molecule has 5 aliphatic heterocycles. The molecule has 3 fully saturated rings. The summed E-state index contributed by atoms with van der Waals surface area (Å²) in [6, 6.07) is 29.4. The first-order chi connectivity index (χ1) is 28.6. The maximum absolute atomic E-state index is 13.6. The van der Waals surface area contributed by atoms with Gasteiger partial charge < -0.3 is 14.9 Å². The zero-order chi connectivity index (χ0) is 40.8. The number of anilines is 1. The highest BCUT2D eigenvalue weighted by atomic mass is 16.3. The summed E-state index contributed by atoms with van der Waals surface area (Å²) in [4.78, 5) is 71.9. The highest BCUT2D eigenvalue weighted by molar-refractivity contribution is 6.23. The normalized spacial score (nSPS) is 20.8. The molecule has 4 aromatic rings. The smallest absolute Gasteiger partial charge is 0.262 e. The predicted octanol–water partition coefficient (Wildman–Crippen LogP) is 6.39. The Morgan fingerprint density at radius 1 is 0.746 bits per heavy atom. The number of carbonyl (C=O) groups is 5. The standard InChI is InChI=1S/C48H49N5O6/c1-2-38(31-6-4-3-5-7-31)44(33-10-14-37(54)15-11-33)32-8-12-36(13-9-32)51-22-18-48(19-23-51)20-24-52(25-21-48)43(56)30-50-28-34-26-39-40(27-35(34)29-50)47(59)53(46(39)58)41-16-17-42(55)49-45(41)57/h3-15,26-27,41,54H,2,16-25,28-30H2,1H3,(H,49,55,57). The molecular formula is C48H49N5O6. The van der Waals surface area contributed by atoms with Gasteiger partial charge in [0.1, 0.15) is 11.8 Å². The van der Waals surface area contributed by atoms with E-state index in [1.165, 1.54) is 22.4 Å². The minimum absolute atomic E-state index is 0.0787. The number of piperidine rings is 3. The number of nitrogens with one attached hydrogen (secondary N) is 1. The van der Waals surface area contributed by atoms with Crippen molar-refractivity contribution in [2.24, 2.45) is 5.41 Å². The zero-order valence-electron chi connectivity index (χ0n) is 33.4. The van der Waals surface area contributed by atoms with Crippen molar-refractivity contribution in [3.63, 3.8) is 0 Å². The molecular weight excluding hydrogens is 743 g/mol. The summed E-state index contributed by atoms with van der Waals surface area (Å²) in [6.45, 7) is 6.92. The van der Waals surface area contributed by atoms with Crippen molar-refractivity contribution in [3.05, 3.63) is 130 Å². The molecule has 4 aromatic carbocycles. The Hall–Kier alpha value is -6.07. The first-order valence-electron chi connectivity index (χ1n) is 20.9. The zero-order valence-corrected chi connectivity index (χ0v) is 33.4. The molecule has 302 valence electrons. The Bertz CT molecular complexity index is 2310. The number of allylic oxidation sites excluding steroid dienone is 1. The van der Waals surface area contributed by atoms with Crippen LogP contribution in [0.25, 0.3) is 11.1 Å². The topological polar surface area (TPSA) is 131 Å². The van der Waals surface area contributed by atoms with E-state index in [2.05, 4.69) is 70.6 Å². The van der Waals surface area contributed by atoms with Crippen LogP contribution in [0.3, 0.4) is 0 Å². The van der Waals surface area contributed by atoms with Gasteiger partial charge in [-0.2, -0.15) is 0 Å². The molecule has 1 unspecified atom stereocenters. The molecule has 1 spiro atoms. The van der Waals surface area contributed by atoms with Gasteiger partial charge in [0.25, 0.3) is 11.8 Å². The SMILES string of the molecule is CCC(=C(c1ccc(O)cc1)c1ccc(N2CCC3(CCN(C(=O)CN4Cc5cc6c(cc5C4)C(=O)N(C4CCC(=O)NC4=O)C6=O)CC3)CC2)cc1)c1ccccc1. The van der Waals surface area contributed by atoms with Crippen LogP contribution in [0.5, 0.6) is 5.75 Å². The monoisotopic (exact) mass is 791 g/mol. The minimum Gasteiger partial charge on any atom is -0.508 e. The van der Waals surface area contributed by atoms with Crippen LogP contribution in [0, 0.1) is 5.41 Å². The van der Waals surface area contributed by atoms with Gasteiger partial charge in [-0.05, 0) is 119 Å². The fourth-order valence-corrected chi connectivity index (χ4v) is 9.96. The predicted molar refractivity (Wildman–Crippen MR) is 224 cm³/mol. The molecule has 3 saturated heterocycles. The molecule has 1 atom stereocenters. The van der Waals surface area contributed by atoms with E-state index < -0.39 is 29.7 Å². The Morgan fingerprint density at radius 2 is 1.32 bits per heavy atom. The average Bonchev–Trinajstić information content (AvgIpc) is 3.75. The number of hydrogen-bond donors (Lipinski definition) is 2. The van der Waals surface area contributed by atoms with Crippen molar-refractivity contribution in [2.45, 2.75) is 71.0 Å². The van der Waals surface area contributed by atoms with Crippen molar-refractivity contribution in [1.82, 2.24) is 20.0 Å². The van der Waals surface area contributed by atoms with Gasteiger partial charge in [0, 0.05) is 51.4 Å². The van der Waals surface area contributed by atoms with Crippen LogP contribution in [-0.2, 0) is 27.5 Å². The summed E-state index contributed by atoms with van der Waals surface area (Å²) in [6.07, 6.45) is 5.24. The van der Waals surface area contributed by atoms with Crippen LogP contribution in [0.2, 0.25) is 0 Å². The number of likely N-dealkylation sites (tertiary alicyclic amines) is 1. The van der Waals surface area contributed by atoms with Gasteiger partial charge in [0.05, 0.1) is 17.7 Å². The molecule has 59 heavy (non-hydrogen) atoms. The number of benzene rings is 4. The second kappa shape index (κ2) is 15.6. The average molecular weight is 792 g/mol. The number of amides is 5. The lowest BCUT2D eigenvalue weighted by atomic mass is 9.71. The molecule has 11 heteroatoms. The Labute approximate surface area is 344 Å². The van der Waals surface area contributed by atoms with E-state index in [-0.39, 0.29) is 47.6 Å². The highest BCUT2D eigenvalue weighted by Gasteiger charge is 2.46. The van der Waals surface area contributed by atoms with Crippen molar-refractivity contribution in [1.29, 1.82) is 0 Å². The number of fused-ring (bicyclic) bond motifs is 2. The summed E-state index contributed by atoms with van der Waals surface area (Å²) in [5.74, 6) is -1.69. The van der Waals surface area contributed by atoms with E-state index in [1.54, 1.807) is 24.3 Å². The molecule has 0 aliphatic carbocycles. The Kier molecular flexibility index (Phi) is 10.2. The number of nitrogens with zero attached hydrogens (tertiary/aromatic N) is 4. The lowest BCUT2D eigenvalue weighted by Crippen LogP contribution is -2.54. The van der Waals surface area contributed by atoms with E-state index >= 15 is 0 Å². The third kappa shape index (κ3) is 7.33. The van der Waals surface area contributed by atoms with Gasteiger partial charge in [-0.25, -0.2) is 0 Å². The van der Waals surface area contributed by atoms with Gasteiger partial charge in [0.2, 0.25) is 17.7 Å². The number of rotatable bonds is 8. The number of phenolic OH excluding ortho intramolecular Hbond substituents is 1. The molecule has 0 aromatic heterocycles. The molecule has 9 rings (SSSR count). The molecule has 0 radical (unpaired) electrons. The lowest BCUT2D eigenvalue weighted by molar-refractivity contribution is -0.137. The number of imide groups is 2. The minimum atomic E-state index is -0.992. The summed E-state index contributed by atoms with van der Waals surface area (Å²) < 4.78 is 0. The van der Waals surface area contributed by atoms with Crippen molar-refractivity contribution in [2.75, 3.05) is 37.6 Å². The van der Waals surface area contributed by atoms with Crippen molar-refractivity contribution < 1.29 is 29.1 Å². The summed E-state index contributed by atoms with van der Waals surface area (Å²) >= 11 is 0. The maximum Gasteiger partial charge on any atom is 0.262 e. The highest BCUT2D eigenvalue weighted by Crippen LogP contribution is 2.43. The van der Waals surface area contributed by atoms with Gasteiger partial charge in [0.15, 0.2) is 0 Å². The van der Waals surface area contributed by atoms with Crippen LogP contribution in [0.4, 0.5) is 5.69 Å². The van der Waals surface area contributed by atoms with Gasteiger partial charge >= 0.3 is 0 Å². The molecule has 5 aliphatic rings. The molecule has 2 N–H and O–H groups in total. The Balaban J connectivity index is 0.791. The molecule has 0 saturated carbocycles. The van der Waals surface area contributed by atoms with Crippen LogP contribution >= 0.6 is 0 Å². The number of phenols is 1. The summed E-state index contributed by atoms with van der Waals surface area (Å²) in [7, 11) is 0. The third-order valence-corrected chi connectivity index (χ3v) is 13.4. The largest absolute Gasteiger partial charge is 0.508 e. The second-order valence-corrected chi connectivity index (χ2v) is 16.8. The molecule has 11 nitrogen and oxygen atoms in total. The second-order valence-electron chi connectivity index (χ2n) is 16.8. The van der Waals surface area contributed by atoms with Crippen molar-refractivity contribution >= 4 is 46.4 Å². The molecule has 5 heterocycles. The van der Waals surface area contributed by atoms with E-state index in [4.69, 9.17) is 0 Å². The van der Waals surface area contributed by atoms with Gasteiger partial charge in [-0.1, -0.05) is 61.5 Å². The molecule has 5 amide bonds. The third-order valence-electron chi connectivity index (χ3n) is 13.4. The summed E-state index contributed by atoms with van der Waals surface area (Å²) in [5.41, 5.74) is 9.69. The first-order valence-corrected chi connectivity index (χ1v) is 20.9. The number of hydrogen-bond acceptors (Lipinski definition) is 8. The van der Waals surface area contributed by atoms with Crippen LogP contribution < -0.4 is 10.2 Å². The number of aromatic hydroxyl groups is 1. The van der Waals surface area contributed by atoms with E-state index in [0.717, 1.165) is 85.4 Å². The lowest BCUT2D eigenvalue weighted by Gasteiger charge is -2.47. The van der Waals surface area contributed by atoms with Crippen LogP contribution in [0.15, 0.2) is 91.0 Å². The van der Waals surface area contributed by atoms with E-state index in [1.807, 2.05) is 23.1 Å². The quantitative estimate of drug-likeness (QED) is 0.155. The fourth-order valence-electron chi connectivity index (χ4n) is 9.96. The number of carbonyl (C=O) groups excluding carboxylic acids is 5. The first kappa shape index (κ1) is 38.4. The summed E-state index contributed by atoms with van der Waals surface area (Å²) in [5, 5.41) is 12.3. The van der Waals surface area contributed by atoms with Crippen LogP contribution in [-0.4, -0.2) is 88.1 Å². The molecule has 0 bridgehead atoms. The van der Waals surface area contributed by atoms with Gasteiger partial charge in [-0.15, -0.1) is 0 Å². The van der Waals surface area contributed by atoms with E-state index in [9.17, 15) is 29.1 Å². The maximum atomic E-state index is 13.6. The van der Waals surface area contributed by atoms with Crippen molar-refractivity contribution in [3.8, 4) is 5.75 Å². The van der Waals surface area contributed by atoms with Gasteiger partial charge in [-0.3, -0.25) is 39.1 Å². The van der Waals surface area contributed by atoms with Crippen LogP contribution in [0.1, 0.15) is 100 Å².